The first-order chi connectivity index (χ1) is 17.5. The third kappa shape index (κ3) is 6.25. The van der Waals surface area contributed by atoms with Crippen molar-refractivity contribution in [3.05, 3.63) is 92.7 Å². The van der Waals surface area contributed by atoms with Crippen molar-refractivity contribution in [2.24, 2.45) is 7.05 Å². The molecule has 0 spiro atoms. The van der Waals surface area contributed by atoms with Gasteiger partial charge in [0, 0.05) is 33.9 Å². The zero-order valence-electron chi connectivity index (χ0n) is 18.9. The van der Waals surface area contributed by atoms with Crippen LogP contribution in [-0.4, -0.2) is 20.8 Å². The number of halogens is 6. The standard InChI is InChI=1S/C25H17Cl3F3N5O/c1-36-22(12-10-17-18(26)3-2-4-19(17)27)34-35-23(36)14-5-8-16(9-6-14)32-24(37)33-21-13-15(25(29,30)31)7-11-20(21)28/h2-13H,1H3,(H2,32,33,37)/b12-10+. The van der Waals surface area contributed by atoms with Crippen molar-refractivity contribution in [1.82, 2.24) is 14.8 Å². The number of benzene rings is 3. The van der Waals surface area contributed by atoms with Gasteiger partial charge < -0.3 is 15.2 Å². The zero-order chi connectivity index (χ0) is 26.7. The van der Waals surface area contributed by atoms with Crippen molar-refractivity contribution in [3.8, 4) is 11.4 Å². The molecule has 12 heteroatoms. The number of aromatic nitrogens is 3. The van der Waals surface area contributed by atoms with Gasteiger partial charge in [0.25, 0.3) is 0 Å². The second-order valence-electron chi connectivity index (χ2n) is 7.76. The van der Waals surface area contributed by atoms with Gasteiger partial charge in [-0.1, -0.05) is 40.9 Å². The molecule has 0 aliphatic heterocycles. The molecule has 4 rings (SSSR count). The maximum atomic E-state index is 12.9. The van der Waals surface area contributed by atoms with Crippen LogP contribution in [0.3, 0.4) is 0 Å². The topological polar surface area (TPSA) is 71.8 Å². The van der Waals surface area contributed by atoms with Gasteiger partial charge in [-0.2, -0.15) is 13.2 Å². The second kappa shape index (κ2) is 10.8. The van der Waals surface area contributed by atoms with E-state index in [4.69, 9.17) is 34.8 Å². The second-order valence-corrected chi connectivity index (χ2v) is 8.98. The molecule has 0 unspecified atom stereocenters. The summed E-state index contributed by atoms with van der Waals surface area (Å²) in [5.41, 5.74) is 0.695. The summed E-state index contributed by atoms with van der Waals surface area (Å²) in [7, 11) is 1.79. The minimum atomic E-state index is -4.57. The summed E-state index contributed by atoms with van der Waals surface area (Å²) in [6, 6.07) is 13.8. The Morgan fingerprint density at radius 2 is 1.57 bits per heavy atom. The molecule has 1 aromatic heterocycles. The van der Waals surface area contributed by atoms with Crippen LogP contribution in [0, 0.1) is 0 Å². The van der Waals surface area contributed by atoms with Gasteiger partial charge in [0.15, 0.2) is 11.6 Å². The van der Waals surface area contributed by atoms with E-state index in [9.17, 15) is 18.0 Å². The summed E-state index contributed by atoms with van der Waals surface area (Å²) in [4.78, 5) is 12.3. The van der Waals surface area contributed by atoms with Gasteiger partial charge in [0.1, 0.15) is 0 Å². The summed E-state index contributed by atoms with van der Waals surface area (Å²) in [5.74, 6) is 1.13. The fourth-order valence-corrected chi connectivity index (χ4v) is 4.04. The number of carbonyl (C=O) groups is 1. The van der Waals surface area contributed by atoms with Crippen LogP contribution in [0.4, 0.5) is 29.3 Å². The first-order valence-electron chi connectivity index (χ1n) is 10.6. The lowest BCUT2D eigenvalue weighted by molar-refractivity contribution is -0.137. The highest BCUT2D eigenvalue weighted by atomic mass is 35.5. The van der Waals surface area contributed by atoms with Crippen molar-refractivity contribution in [3.63, 3.8) is 0 Å². The molecule has 2 N–H and O–H groups in total. The van der Waals surface area contributed by atoms with Gasteiger partial charge in [-0.15, -0.1) is 10.2 Å². The number of amides is 2. The molecular weight excluding hydrogens is 550 g/mol. The Kier molecular flexibility index (Phi) is 7.77. The van der Waals surface area contributed by atoms with Gasteiger partial charge in [-0.25, -0.2) is 4.79 Å². The van der Waals surface area contributed by atoms with Crippen molar-refractivity contribution in [2.75, 3.05) is 10.6 Å². The fraction of sp³-hybridized carbons (Fsp3) is 0.0800. The quantitative estimate of drug-likeness (QED) is 0.255. The molecule has 37 heavy (non-hydrogen) atoms. The molecule has 4 aromatic rings. The third-order valence-corrected chi connectivity index (χ3v) is 6.24. The number of hydrogen-bond donors (Lipinski definition) is 2. The van der Waals surface area contributed by atoms with E-state index < -0.39 is 17.8 Å². The molecule has 0 aliphatic carbocycles. The SMILES string of the molecule is Cn1c(/C=C/c2c(Cl)cccc2Cl)nnc1-c1ccc(NC(=O)Nc2cc(C(F)(F)F)ccc2Cl)cc1. The summed E-state index contributed by atoms with van der Waals surface area (Å²) in [6.45, 7) is 0. The zero-order valence-corrected chi connectivity index (χ0v) is 21.2. The van der Waals surface area contributed by atoms with Crippen molar-refractivity contribution in [2.45, 2.75) is 6.18 Å². The summed E-state index contributed by atoms with van der Waals surface area (Å²) >= 11 is 18.3. The number of carbonyl (C=O) groups excluding carboxylic acids is 1. The Hall–Kier alpha value is -3.53. The molecular formula is C25H17Cl3F3N5O. The van der Waals surface area contributed by atoms with E-state index in [1.165, 1.54) is 0 Å². The number of nitrogens with zero attached hydrogens (tertiary/aromatic N) is 3. The summed E-state index contributed by atoms with van der Waals surface area (Å²) in [5, 5.41) is 14.3. The minimum Gasteiger partial charge on any atom is -0.311 e. The van der Waals surface area contributed by atoms with Crippen LogP contribution < -0.4 is 10.6 Å². The van der Waals surface area contributed by atoms with Crippen LogP contribution in [0.1, 0.15) is 17.0 Å². The Labute approximate surface area is 224 Å². The average Bonchev–Trinajstić information content (AvgIpc) is 3.20. The van der Waals surface area contributed by atoms with Crippen LogP contribution in [0.25, 0.3) is 23.5 Å². The van der Waals surface area contributed by atoms with Crippen LogP contribution in [0.5, 0.6) is 0 Å². The maximum Gasteiger partial charge on any atom is 0.416 e. The van der Waals surface area contributed by atoms with E-state index in [2.05, 4.69) is 20.8 Å². The van der Waals surface area contributed by atoms with Crippen molar-refractivity contribution >= 4 is 64.4 Å². The number of alkyl halides is 3. The monoisotopic (exact) mass is 565 g/mol. The predicted octanol–water partition coefficient (Wildman–Crippen LogP) is 8.28. The number of anilines is 2. The van der Waals surface area contributed by atoms with Crippen molar-refractivity contribution < 1.29 is 18.0 Å². The molecule has 0 radical (unpaired) electrons. The molecule has 0 bridgehead atoms. The Morgan fingerprint density at radius 3 is 2.22 bits per heavy atom. The van der Waals surface area contributed by atoms with Crippen molar-refractivity contribution in [1.29, 1.82) is 0 Å². The van der Waals surface area contributed by atoms with Crippen LogP contribution in [0.2, 0.25) is 15.1 Å². The Balaban J connectivity index is 1.45. The molecule has 6 nitrogen and oxygen atoms in total. The lowest BCUT2D eigenvalue weighted by Crippen LogP contribution is -2.20. The first-order valence-corrected chi connectivity index (χ1v) is 11.7. The van der Waals surface area contributed by atoms with Gasteiger partial charge in [0.05, 0.1) is 16.3 Å². The largest absolute Gasteiger partial charge is 0.416 e. The van der Waals surface area contributed by atoms with E-state index in [0.717, 1.165) is 23.8 Å². The molecule has 0 aliphatic rings. The van der Waals surface area contributed by atoms with Gasteiger partial charge in [0.2, 0.25) is 0 Å². The molecule has 0 fully saturated rings. The van der Waals surface area contributed by atoms with E-state index in [1.807, 2.05) is 0 Å². The summed E-state index contributed by atoms with van der Waals surface area (Å²) < 4.78 is 40.6. The number of urea groups is 1. The first kappa shape index (κ1) is 26.5. The smallest absolute Gasteiger partial charge is 0.311 e. The average molecular weight is 567 g/mol. The van der Waals surface area contributed by atoms with Gasteiger partial charge in [-0.05, 0) is 66.7 Å². The normalized spacial score (nSPS) is 11.6. The highest BCUT2D eigenvalue weighted by Gasteiger charge is 2.31. The molecule has 1 heterocycles. The minimum absolute atomic E-state index is 0.0255. The lowest BCUT2D eigenvalue weighted by Gasteiger charge is -2.12. The lowest BCUT2D eigenvalue weighted by atomic mass is 10.2. The van der Waals surface area contributed by atoms with Crippen LogP contribution >= 0.6 is 34.8 Å². The molecule has 0 atom stereocenters. The van der Waals surface area contributed by atoms with E-state index >= 15 is 0 Å². The number of nitrogens with one attached hydrogen (secondary N) is 2. The van der Waals surface area contributed by atoms with Gasteiger partial charge in [-0.3, -0.25) is 0 Å². The highest BCUT2D eigenvalue weighted by molar-refractivity contribution is 6.37. The number of rotatable bonds is 5. The molecule has 2 amide bonds. The van der Waals surface area contributed by atoms with E-state index in [0.29, 0.717) is 32.9 Å². The molecule has 0 saturated carbocycles. The van der Waals surface area contributed by atoms with Crippen LogP contribution in [0.15, 0.2) is 60.7 Å². The Morgan fingerprint density at radius 1 is 0.892 bits per heavy atom. The van der Waals surface area contributed by atoms with E-state index in [1.54, 1.807) is 66.2 Å². The third-order valence-electron chi connectivity index (χ3n) is 5.25. The number of hydrogen-bond acceptors (Lipinski definition) is 3. The summed E-state index contributed by atoms with van der Waals surface area (Å²) in [6.07, 6.45) is -1.08. The maximum absolute atomic E-state index is 12.9. The molecule has 3 aromatic carbocycles. The highest BCUT2D eigenvalue weighted by Crippen LogP contribution is 2.34. The fourth-order valence-electron chi connectivity index (χ4n) is 3.35. The van der Waals surface area contributed by atoms with Crippen LogP contribution in [-0.2, 0) is 13.2 Å². The molecule has 0 saturated heterocycles. The predicted molar refractivity (Wildman–Crippen MR) is 141 cm³/mol. The van der Waals surface area contributed by atoms with E-state index in [-0.39, 0.29) is 10.7 Å². The molecule has 190 valence electrons. The van der Waals surface area contributed by atoms with Gasteiger partial charge >= 0.3 is 12.2 Å². The Bertz CT molecular complexity index is 1460.